The molecule has 0 atom stereocenters. The molecule has 0 amide bonds. The number of thiazole rings is 1. The molecule has 0 fully saturated rings. The molecule has 2 heterocycles. The summed E-state index contributed by atoms with van der Waals surface area (Å²) in [4.78, 5) is 8.93. The summed E-state index contributed by atoms with van der Waals surface area (Å²) < 4.78 is 2.34. The highest BCUT2D eigenvalue weighted by Gasteiger charge is 2.06. The molecule has 96 valence electrons. The summed E-state index contributed by atoms with van der Waals surface area (Å²) >= 11 is 3.50. The highest BCUT2D eigenvalue weighted by molar-refractivity contribution is 8.00. The Balaban J connectivity index is 1.78. The zero-order valence-corrected chi connectivity index (χ0v) is 12.1. The Hall–Kier alpha value is -1.59. The van der Waals surface area contributed by atoms with Crippen LogP contribution in [0.3, 0.4) is 0 Å². The van der Waals surface area contributed by atoms with Crippen LogP contribution in [0.4, 0.5) is 5.82 Å². The van der Waals surface area contributed by atoms with Gasteiger partial charge < -0.3 is 5.32 Å². The van der Waals surface area contributed by atoms with Crippen molar-refractivity contribution in [2.75, 3.05) is 12.4 Å². The standard InChI is InChI=1S/C14H13N3S2/c1-15-13-10(5-4-8-16-13)9-18-14-17-11-6-2-3-7-12(11)19-14/h2-8H,9H2,1H3,(H,15,16). The van der Waals surface area contributed by atoms with Crippen molar-refractivity contribution in [2.24, 2.45) is 0 Å². The van der Waals surface area contributed by atoms with Crippen LogP contribution in [0.5, 0.6) is 0 Å². The first-order valence-electron chi connectivity index (χ1n) is 5.97. The number of nitrogens with zero attached hydrogens (tertiary/aromatic N) is 2. The van der Waals surface area contributed by atoms with Gasteiger partial charge in [0.2, 0.25) is 0 Å². The topological polar surface area (TPSA) is 37.8 Å². The van der Waals surface area contributed by atoms with E-state index in [0.717, 1.165) is 21.4 Å². The van der Waals surface area contributed by atoms with Crippen LogP contribution in [0, 0.1) is 0 Å². The number of hydrogen-bond donors (Lipinski definition) is 1. The average molecular weight is 287 g/mol. The van der Waals surface area contributed by atoms with E-state index in [-0.39, 0.29) is 0 Å². The van der Waals surface area contributed by atoms with Crippen LogP contribution >= 0.6 is 23.1 Å². The summed E-state index contributed by atoms with van der Waals surface area (Å²) in [5.74, 6) is 1.82. The van der Waals surface area contributed by atoms with Gasteiger partial charge in [-0.25, -0.2) is 9.97 Å². The van der Waals surface area contributed by atoms with Crippen LogP contribution in [0.15, 0.2) is 46.9 Å². The Labute approximate surface area is 120 Å². The fourth-order valence-electron chi connectivity index (χ4n) is 1.83. The SMILES string of the molecule is CNc1ncccc1CSc1nc2ccccc2s1. The van der Waals surface area contributed by atoms with E-state index in [2.05, 4.69) is 39.6 Å². The molecule has 3 nitrogen and oxygen atoms in total. The Morgan fingerprint density at radius 3 is 2.95 bits per heavy atom. The van der Waals surface area contributed by atoms with Crippen molar-refractivity contribution in [3.8, 4) is 0 Å². The minimum atomic E-state index is 0.879. The lowest BCUT2D eigenvalue weighted by molar-refractivity contribution is 1.22. The number of nitrogens with one attached hydrogen (secondary N) is 1. The number of hydrogen-bond acceptors (Lipinski definition) is 5. The second kappa shape index (κ2) is 5.59. The molecule has 1 aromatic carbocycles. The van der Waals surface area contributed by atoms with E-state index in [0.29, 0.717) is 0 Å². The number of thioether (sulfide) groups is 1. The molecular formula is C14H13N3S2. The van der Waals surface area contributed by atoms with E-state index >= 15 is 0 Å². The van der Waals surface area contributed by atoms with Crippen molar-refractivity contribution in [3.63, 3.8) is 0 Å². The van der Waals surface area contributed by atoms with E-state index in [1.165, 1.54) is 10.3 Å². The van der Waals surface area contributed by atoms with Crippen LogP contribution in [-0.2, 0) is 5.75 Å². The van der Waals surface area contributed by atoms with E-state index in [1.807, 2.05) is 19.2 Å². The highest BCUT2D eigenvalue weighted by Crippen LogP contribution is 2.32. The van der Waals surface area contributed by atoms with Gasteiger partial charge in [-0.1, -0.05) is 30.0 Å². The second-order valence-electron chi connectivity index (χ2n) is 4.00. The van der Waals surface area contributed by atoms with Gasteiger partial charge in [0.25, 0.3) is 0 Å². The molecule has 0 saturated heterocycles. The summed E-state index contributed by atoms with van der Waals surface area (Å²) in [5, 5.41) is 3.12. The van der Waals surface area contributed by atoms with E-state index in [4.69, 9.17) is 0 Å². The maximum absolute atomic E-state index is 4.62. The fraction of sp³-hybridized carbons (Fsp3) is 0.143. The maximum atomic E-state index is 4.62. The van der Waals surface area contributed by atoms with Crippen LogP contribution in [0.1, 0.15) is 5.56 Å². The summed E-state index contributed by atoms with van der Waals surface area (Å²) in [6.45, 7) is 0. The largest absolute Gasteiger partial charge is 0.373 e. The predicted molar refractivity (Wildman–Crippen MR) is 83.0 cm³/mol. The number of aromatic nitrogens is 2. The van der Waals surface area contributed by atoms with Gasteiger partial charge >= 0.3 is 0 Å². The Morgan fingerprint density at radius 1 is 1.21 bits per heavy atom. The van der Waals surface area contributed by atoms with Gasteiger partial charge in [0, 0.05) is 24.6 Å². The van der Waals surface area contributed by atoms with Gasteiger partial charge in [0.1, 0.15) is 5.82 Å². The predicted octanol–water partition coefficient (Wildman–Crippen LogP) is 4.03. The third kappa shape index (κ3) is 2.72. The van der Waals surface area contributed by atoms with Crippen LogP contribution < -0.4 is 5.32 Å². The van der Waals surface area contributed by atoms with E-state index in [9.17, 15) is 0 Å². The van der Waals surface area contributed by atoms with Gasteiger partial charge in [0.15, 0.2) is 4.34 Å². The van der Waals surface area contributed by atoms with Crippen molar-refractivity contribution in [1.82, 2.24) is 9.97 Å². The lowest BCUT2D eigenvalue weighted by Crippen LogP contribution is -1.96. The molecule has 0 unspecified atom stereocenters. The number of rotatable bonds is 4. The number of anilines is 1. The second-order valence-corrected chi connectivity index (χ2v) is 6.25. The first kappa shape index (κ1) is 12.4. The average Bonchev–Trinajstić information content (AvgIpc) is 2.88. The van der Waals surface area contributed by atoms with E-state index in [1.54, 1.807) is 29.3 Å². The van der Waals surface area contributed by atoms with Gasteiger partial charge in [-0.15, -0.1) is 11.3 Å². The van der Waals surface area contributed by atoms with Gasteiger partial charge in [0.05, 0.1) is 10.2 Å². The first-order chi connectivity index (χ1) is 9.36. The number of pyridine rings is 1. The summed E-state index contributed by atoms with van der Waals surface area (Å²) in [6, 6.07) is 12.3. The molecular weight excluding hydrogens is 274 g/mol. The normalized spacial score (nSPS) is 10.8. The quantitative estimate of drug-likeness (QED) is 0.735. The first-order valence-corrected chi connectivity index (χ1v) is 7.77. The molecule has 2 aromatic heterocycles. The molecule has 5 heteroatoms. The van der Waals surface area contributed by atoms with Crippen molar-refractivity contribution in [3.05, 3.63) is 48.2 Å². The molecule has 0 spiro atoms. The number of para-hydroxylation sites is 1. The molecule has 0 aliphatic carbocycles. The lowest BCUT2D eigenvalue weighted by Gasteiger charge is -2.05. The highest BCUT2D eigenvalue weighted by atomic mass is 32.2. The molecule has 3 aromatic rings. The molecule has 0 aliphatic heterocycles. The maximum Gasteiger partial charge on any atom is 0.151 e. The molecule has 0 radical (unpaired) electrons. The molecule has 19 heavy (non-hydrogen) atoms. The molecule has 0 aliphatic rings. The third-order valence-corrected chi connectivity index (χ3v) is 4.98. The Kier molecular flexibility index (Phi) is 3.66. The summed E-state index contributed by atoms with van der Waals surface area (Å²) in [6.07, 6.45) is 1.80. The minimum Gasteiger partial charge on any atom is -0.373 e. The minimum absolute atomic E-state index is 0.879. The van der Waals surface area contributed by atoms with E-state index < -0.39 is 0 Å². The molecule has 0 bridgehead atoms. The van der Waals surface area contributed by atoms with Gasteiger partial charge in [-0.2, -0.15) is 0 Å². The van der Waals surface area contributed by atoms with Gasteiger partial charge in [-0.3, -0.25) is 0 Å². The zero-order valence-electron chi connectivity index (χ0n) is 10.5. The Morgan fingerprint density at radius 2 is 2.11 bits per heavy atom. The Bertz CT molecular complexity index is 661. The fourth-order valence-corrected chi connectivity index (χ4v) is 3.89. The number of benzene rings is 1. The van der Waals surface area contributed by atoms with Gasteiger partial charge in [-0.05, 0) is 18.2 Å². The molecule has 1 N–H and O–H groups in total. The van der Waals surface area contributed by atoms with Crippen molar-refractivity contribution in [1.29, 1.82) is 0 Å². The summed E-state index contributed by atoms with van der Waals surface area (Å²) in [7, 11) is 1.90. The van der Waals surface area contributed by atoms with Crippen molar-refractivity contribution < 1.29 is 0 Å². The van der Waals surface area contributed by atoms with Crippen molar-refractivity contribution >= 4 is 39.1 Å². The molecule has 0 saturated carbocycles. The summed E-state index contributed by atoms with van der Waals surface area (Å²) in [5.41, 5.74) is 2.28. The van der Waals surface area contributed by atoms with Crippen LogP contribution in [0.2, 0.25) is 0 Å². The zero-order chi connectivity index (χ0) is 13.1. The number of fused-ring (bicyclic) bond motifs is 1. The van der Waals surface area contributed by atoms with Crippen LogP contribution in [0.25, 0.3) is 10.2 Å². The third-order valence-electron chi connectivity index (χ3n) is 2.75. The molecule has 3 rings (SSSR count). The van der Waals surface area contributed by atoms with Crippen molar-refractivity contribution in [2.45, 2.75) is 10.1 Å². The smallest absolute Gasteiger partial charge is 0.151 e. The lowest BCUT2D eigenvalue weighted by atomic mass is 10.3. The van der Waals surface area contributed by atoms with Crippen LogP contribution in [-0.4, -0.2) is 17.0 Å². The monoisotopic (exact) mass is 287 g/mol.